The van der Waals surface area contributed by atoms with E-state index in [1.54, 1.807) is 37.6 Å². The van der Waals surface area contributed by atoms with Gasteiger partial charge in [0.2, 0.25) is 0 Å². The first-order chi connectivity index (χ1) is 18.6. The second-order valence-corrected chi connectivity index (χ2v) is 11.2. The van der Waals surface area contributed by atoms with E-state index in [0.29, 0.717) is 17.9 Å². The highest BCUT2D eigenvalue weighted by molar-refractivity contribution is 7.90. The Balaban J connectivity index is 1.22. The number of fused-ring (bicyclic) bond motifs is 1. The molecule has 0 fully saturated rings. The maximum absolute atomic E-state index is 13.4. The molecule has 0 unspecified atom stereocenters. The van der Waals surface area contributed by atoms with Crippen LogP contribution in [-0.2, 0) is 21.4 Å². The van der Waals surface area contributed by atoms with Crippen molar-refractivity contribution in [2.45, 2.75) is 56.4 Å². The summed E-state index contributed by atoms with van der Waals surface area (Å²) < 4.78 is 39.1. The summed E-state index contributed by atoms with van der Waals surface area (Å²) in [5, 5.41) is 0.926. The van der Waals surface area contributed by atoms with Gasteiger partial charge in [-0.1, -0.05) is 86.4 Å². The first kappa shape index (κ1) is 27.7. The van der Waals surface area contributed by atoms with Gasteiger partial charge in [-0.15, -0.1) is 0 Å². The maximum Gasteiger partial charge on any atom is 0.268 e. The number of allylic oxidation sites excluding steroid dienone is 1. The molecule has 5 nitrogen and oxygen atoms in total. The molecule has 38 heavy (non-hydrogen) atoms. The van der Waals surface area contributed by atoms with Crippen molar-refractivity contribution in [3.8, 4) is 5.75 Å². The predicted octanol–water partition coefficient (Wildman–Crippen LogP) is 7.85. The van der Waals surface area contributed by atoms with Crippen LogP contribution in [0.25, 0.3) is 17.0 Å². The molecule has 4 rings (SSSR count). The lowest BCUT2D eigenvalue weighted by Gasteiger charge is -2.08. The van der Waals surface area contributed by atoms with Gasteiger partial charge in [0.25, 0.3) is 10.0 Å². The zero-order valence-electron chi connectivity index (χ0n) is 22.1. The van der Waals surface area contributed by atoms with Gasteiger partial charge in [0.1, 0.15) is 5.75 Å². The highest BCUT2D eigenvalue weighted by atomic mass is 32.2. The van der Waals surface area contributed by atoms with Crippen molar-refractivity contribution in [2.75, 3.05) is 13.7 Å². The van der Waals surface area contributed by atoms with Crippen molar-refractivity contribution >= 4 is 27.0 Å². The molecular weight excluding hydrogens is 494 g/mol. The Hall–Kier alpha value is -3.35. The van der Waals surface area contributed by atoms with Crippen LogP contribution in [0.2, 0.25) is 0 Å². The Kier molecular flexibility index (Phi) is 10.2. The molecule has 1 heterocycles. The van der Waals surface area contributed by atoms with Gasteiger partial charge in [-0.05, 0) is 55.2 Å². The Morgan fingerprint density at radius 2 is 1.47 bits per heavy atom. The van der Waals surface area contributed by atoms with Gasteiger partial charge in [-0.2, -0.15) is 0 Å². The lowest BCUT2D eigenvalue weighted by atomic mass is 10.1. The van der Waals surface area contributed by atoms with Crippen LogP contribution < -0.4 is 4.74 Å². The minimum absolute atomic E-state index is 0.234. The lowest BCUT2D eigenvalue weighted by Crippen LogP contribution is -2.11. The lowest BCUT2D eigenvalue weighted by molar-refractivity contribution is 0.116. The smallest absolute Gasteiger partial charge is 0.268 e. The molecule has 6 heteroatoms. The van der Waals surface area contributed by atoms with Gasteiger partial charge in [-0.25, -0.2) is 12.4 Å². The maximum atomic E-state index is 13.4. The zero-order valence-corrected chi connectivity index (χ0v) is 22.9. The quantitative estimate of drug-likeness (QED) is 0.147. The predicted molar refractivity (Wildman–Crippen MR) is 155 cm³/mol. The zero-order chi connectivity index (χ0) is 26.6. The standard InChI is InChI=1S/C32H37NO4S/c1-36-29-20-22-30(23-21-29)38(34,35)33-25-28(31-18-12-13-19-32(31)33)17-11-6-4-2-3-5-7-14-24-37-26-27-15-9-8-10-16-27/h8-13,15-23,25H,2-7,14,24,26H2,1H3. The number of hydrogen-bond donors (Lipinski definition) is 0. The van der Waals surface area contributed by atoms with E-state index in [1.165, 1.54) is 35.2 Å². The third-order valence-electron chi connectivity index (χ3n) is 6.64. The second-order valence-electron chi connectivity index (χ2n) is 9.43. The van der Waals surface area contributed by atoms with E-state index in [9.17, 15) is 8.42 Å². The van der Waals surface area contributed by atoms with Crippen molar-refractivity contribution in [2.24, 2.45) is 0 Å². The summed E-state index contributed by atoms with van der Waals surface area (Å²) in [6, 6.07) is 24.4. The van der Waals surface area contributed by atoms with Gasteiger partial charge < -0.3 is 9.47 Å². The fourth-order valence-electron chi connectivity index (χ4n) is 4.52. The number of rotatable bonds is 15. The van der Waals surface area contributed by atoms with Crippen LogP contribution in [-0.4, -0.2) is 26.1 Å². The number of ether oxygens (including phenoxy) is 2. The topological polar surface area (TPSA) is 57.5 Å². The monoisotopic (exact) mass is 531 g/mol. The third-order valence-corrected chi connectivity index (χ3v) is 8.33. The first-order valence-electron chi connectivity index (χ1n) is 13.4. The average molecular weight is 532 g/mol. The van der Waals surface area contributed by atoms with Crippen molar-refractivity contribution < 1.29 is 17.9 Å². The number of aromatic nitrogens is 1. The van der Waals surface area contributed by atoms with E-state index < -0.39 is 10.0 Å². The van der Waals surface area contributed by atoms with E-state index >= 15 is 0 Å². The Morgan fingerprint density at radius 3 is 2.24 bits per heavy atom. The molecule has 0 atom stereocenters. The van der Waals surface area contributed by atoms with Crippen molar-refractivity contribution in [3.63, 3.8) is 0 Å². The minimum Gasteiger partial charge on any atom is -0.497 e. The van der Waals surface area contributed by atoms with Gasteiger partial charge in [-0.3, -0.25) is 0 Å². The van der Waals surface area contributed by atoms with Crippen LogP contribution in [0, 0.1) is 0 Å². The number of benzene rings is 3. The number of nitrogens with zero attached hydrogens (tertiary/aromatic N) is 1. The number of methoxy groups -OCH3 is 1. The van der Waals surface area contributed by atoms with E-state index in [4.69, 9.17) is 9.47 Å². The summed E-state index contributed by atoms with van der Waals surface area (Å²) in [6.07, 6.45) is 14.0. The van der Waals surface area contributed by atoms with Crippen LogP contribution in [0.15, 0.2) is 96.0 Å². The molecule has 0 amide bonds. The molecule has 0 bridgehead atoms. The van der Waals surface area contributed by atoms with Crippen molar-refractivity contribution in [1.82, 2.24) is 3.97 Å². The largest absolute Gasteiger partial charge is 0.497 e. The number of hydrogen-bond acceptors (Lipinski definition) is 4. The van der Waals surface area contributed by atoms with E-state index in [1.807, 2.05) is 48.5 Å². The van der Waals surface area contributed by atoms with Gasteiger partial charge in [0.15, 0.2) is 0 Å². The van der Waals surface area contributed by atoms with E-state index in [2.05, 4.69) is 18.2 Å². The van der Waals surface area contributed by atoms with Crippen LogP contribution in [0.4, 0.5) is 0 Å². The Labute approximate surface area is 226 Å². The van der Waals surface area contributed by atoms with Gasteiger partial charge >= 0.3 is 0 Å². The van der Waals surface area contributed by atoms with Crippen LogP contribution in [0.1, 0.15) is 56.1 Å². The molecule has 0 spiro atoms. The molecule has 0 aliphatic rings. The Bertz CT molecular complexity index is 1410. The molecule has 3 aromatic carbocycles. The highest BCUT2D eigenvalue weighted by Crippen LogP contribution is 2.28. The van der Waals surface area contributed by atoms with Crippen molar-refractivity contribution in [3.05, 3.63) is 102 Å². The minimum atomic E-state index is -3.72. The van der Waals surface area contributed by atoms with E-state index in [0.717, 1.165) is 36.8 Å². The molecule has 0 radical (unpaired) electrons. The molecule has 0 saturated carbocycles. The molecule has 200 valence electrons. The van der Waals surface area contributed by atoms with E-state index in [-0.39, 0.29) is 4.90 Å². The molecule has 4 aromatic rings. The molecule has 0 aliphatic carbocycles. The Morgan fingerprint density at radius 1 is 0.789 bits per heavy atom. The fourth-order valence-corrected chi connectivity index (χ4v) is 5.89. The number of para-hydroxylation sites is 1. The second kappa shape index (κ2) is 14.0. The fraction of sp³-hybridized carbons (Fsp3) is 0.312. The summed E-state index contributed by atoms with van der Waals surface area (Å²) in [7, 11) is -2.16. The van der Waals surface area contributed by atoms with Gasteiger partial charge in [0, 0.05) is 23.8 Å². The highest BCUT2D eigenvalue weighted by Gasteiger charge is 2.20. The molecule has 0 saturated heterocycles. The van der Waals surface area contributed by atoms with Crippen molar-refractivity contribution in [1.29, 1.82) is 0 Å². The van der Waals surface area contributed by atoms with Crippen LogP contribution in [0.5, 0.6) is 5.75 Å². The molecule has 0 N–H and O–H groups in total. The SMILES string of the molecule is COc1ccc(S(=O)(=O)n2cc(C=CCCCCCCCCOCc3ccccc3)c3ccccc32)cc1. The van der Waals surface area contributed by atoms with Gasteiger partial charge in [0.05, 0.1) is 24.1 Å². The summed E-state index contributed by atoms with van der Waals surface area (Å²) in [5.41, 5.74) is 2.81. The molecular formula is C32H37NO4S. The molecule has 0 aliphatic heterocycles. The third kappa shape index (κ3) is 7.36. The number of unbranched alkanes of at least 4 members (excludes halogenated alkanes) is 6. The van der Waals surface area contributed by atoms with Crippen LogP contribution in [0.3, 0.4) is 0 Å². The summed E-state index contributed by atoms with van der Waals surface area (Å²) in [4.78, 5) is 0.234. The summed E-state index contributed by atoms with van der Waals surface area (Å²) in [5.74, 6) is 0.623. The molecule has 1 aromatic heterocycles. The summed E-state index contributed by atoms with van der Waals surface area (Å²) >= 11 is 0. The van der Waals surface area contributed by atoms with Crippen LogP contribution >= 0.6 is 0 Å². The summed E-state index contributed by atoms with van der Waals surface area (Å²) in [6.45, 7) is 1.51. The normalized spacial score (nSPS) is 11.9. The average Bonchev–Trinajstić information content (AvgIpc) is 3.33. The first-order valence-corrected chi connectivity index (χ1v) is 14.8.